The molecule has 0 amide bonds. The fourth-order valence-corrected chi connectivity index (χ4v) is 2.58. The van der Waals surface area contributed by atoms with E-state index < -0.39 is 0 Å². The van der Waals surface area contributed by atoms with Gasteiger partial charge < -0.3 is 10.4 Å². The SMILES string of the molecule is Cc1cc(O)c(CC2CCNC2)c(C)c1Cl. The molecule has 0 aliphatic carbocycles. The van der Waals surface area contributed by atoms with Crippen LogP contribution in [0.3, 0.4) is 0 Å². The highest BCUT2D eigenvalue weighted by Crippen LogP contribution is 2.33. The predicted octanol–water partition coefficient (Wildman–Crippen LogP) is 2.81. The number of hydrogen-bond acceptors (Lipinski definition) is 2. The molecule has 1 aliphatic rings. The lowest BCUT2D eigenvalue weighted by Crippen LogP contribution is -2.11. The highest BCUT2D eigenvalue weighted by atomic mass is 35.5. The molecule has 0 aromatic heterocycles. The van der Waals surface area contributed by atoms with Gasteiger partial charge >= 0.3 is 0 Å². The molecule has 0 saturated carbocycles. The maximum absolute atomic E-state index is 9.98. The molecule has 1 aromatic carbocycles. The lowest BCUT2D eigenvalue weighted by molar-refractivity contribution is 0.457. The molecule has 1 saturated heterocycles. The van der Waals surface area contributed by atoms with Crippen molar-refractivity contribution in [2.45, 2.75) is 26.7 Å². The molecule has 88 valence electrons. The van der Waals surface area contributed by atoms with E-state index in [0.29, 0.717) is 11.7 Å². The fraction of sp³-hybridized carbons (Fsp3) is 0.538. The van der Waals surface area contributed by atoms with Gasteiger partial charge in [-0.3, -0.25) is 0 Å². The van der Waals surface area contributed by atoms with Gasteiger partial charge in [0, 0.05) is 5.02 Å². The molecule has 16 heavy (non-hydrogen) atoms. The molecule has 2 N–H and O–H groups in total. The Morgan fingerprint density at radius 1 is 1.50 bits per heavy atom. The van der Waals surface area contributed by atoms with Crippen LogP contribution >= 0.6 is 11.6 Å². The van der Waals surface area contributed by atoms with E-state index in [9.17, 15) is 5.11 Å². The lowest BCUT2D eigenvalue weighted by Gasteiger charge is -2.15. The van der Waals surface area contributed by atoms with Crippen LogP contribution in [0.5, 0.6) is 5.75 Å². The third kappa shape index (κ3) is 2.18. The van der Waals surface area contributed by atoms with Gasteiger partial charge in [-0.05, 0) is 68.5 Å². The average molecular weight is 240 g/mol. The first-order valence-electron chi connectivity index (χ1n) is 5.78. The number of benzene rings is 1. The van der Waals surface area contributed by atoms with Gasteiger partial charge in [-0.2, -0.15) is 0 Å². The summed E-state index contributed by atoms with van der Waals surface area (Å²) in [7, 11) is 0. The normalized spacial score (nSPS) is 20.3. The lowest BCUT2D eigenvalue weighted by atomic mass is 9.93. The van der Waals surface area contributed by atoms with Crippen LogP contribution in [0.15, 0.2) is 6.07 Å². The monoisotopic (exact) mass is 239 g/mol. The van der Waals surface area contributed by atoms with Gasteiger partial charge in [0.05, 0.1) is 0 Å². The first kappa shape index (κ1) is 11.7. The Hall–Kier alpha value is -0.730. The molecule has 1 heterocycles. The highest BCUT2D eigenvalue weighted by molar-refractivity contribution is 6.32. The quantitative estimate of drug-likeness (QED) is 0.832. The Morgan fingerprint density at radius 3 is 2.88 bits per heavy atom. The highest BCUT2D eigenvalue weighted by Gasteiger charge is 2.19. The number of hydrogen-bond donors (Lipinski definition) is 2. The first-order valence-corrected chi connectivity index (χ1v) is 6.15. The number of rotatable bonds is 2. The van der Waals surface area contributed by atoms with Gasteiger partial charge in [-0.15, -0.1) is 0 Å². The van der Waals surface area contributed by atoms with Crippen LogP contribution in [0, 0.1) is 19.8 Å². The van der Waals surface area contributed by atoms with Crippen molar-refractivity contribution in [3.05, 3.63) is 27.8 Å². The van der Waals surface area contributed by atoms with Crippen LogP contribution in [-0.2, 0) is 6.42 Å². The van der Waals surface area contributed by atoms with Crippen LogP contribution < -0.4 is 5.32 Å². The zero-order valence-electron chi connectivity index (χ0n) is 9.81. The molecule has 0 spiro atoms. The molecule has 1 fully saturated rings. The molecule has 3 heteroatoms. The van der Waals surface area contributed by atoms with Crippen LogP contribution in [0.25, 0.3) is 0 Å². The summed E-state index contributed by atoms with van der Waals surface area (Å²) in [5.74, 6) is 1.02. The van der Waals surface area contributed by atoms with Crippen LogP contribution in [0.2, 0.25) is 5.02 Å². The number of aromatic hydroxyl groups is 1. The smallest absolute Gasteiger partial charge is 0.119 e. The maximum atomic E-state index is 9.98. The summed E-state index contributed by atoms with van der Waals surface area (Å²) in [5, 5.41) is 14.1. The third-order valence-corrected chi connectivity index (χ3v) is 4.03. The van der Waals surface area contributed by atoms with E-state index in [2.05, 4.69) is 5.32 Å². The summed E-state index contributed by atoms with van der Waals surface area (Å²) in [6.07, 6.45) is 2.11. The molecule has 0 bridgehead atoms. The molecular formula is C13H18ClNO. The van der Waals surface area contributed by atoms with Gasteiger partial charge in [0.15, 0.2) is 0 Å². The number of halogens is 1. The molecule has 1 aliphatic heterocycles. The van der Waals surface area contributed by atoms with E-state index >= 15 is 0 Å². The second-order valence-electron chi connectivity index (χ2n) is 4.69. The molecule has 1 atom stereocenters. The van der Waals surface area contributed by atoms with E-state index in [0.717, 1.165) is 41.2 Å². The summed E-state index contributed by atoms with van der Waals surface area (Å²) in [4.78, 5) is 0. The Kier molecular flexibility index (Phi) is 3.41. The number of phenols is 1. The van der Waals surface area contributed by atoms with Crippen molar-refractivity contribution in [1.29, 1.82) is 0 Å². The first-order chi connectivity index (χ1) is 7.59. The summed E-state index contributed by atoms with van der Waals surface area (Å²) < 4.78 is 0. The van der Waals surface area contributed by atoms with Gasteiger partial charge in [-0.25, -0.2) is 0 Å². The second kappa shape index (κ2) is 4.64. The zero-order chi connectivity index (χ0) is 11.7. The van der Waals surface area contributed by atoms with E-state index in [1.165, 1.54) is 6.42 Å². The minimum absolute atomic E-state index is 0.395. The summed E-state index contributed by atoms with van der Waals surface area (Å²) >= 11 is 6.21. The predicted molar refractivity (Wildman–Crippen MR) is 67.3 cm³/mol. The Bertz CT molecular complexity index is 397. The van der Waals surface area contributed by atoms with Crippen molar-refractivity contribution < 1.29 is 5.11 Å². The molecule has 1 aromatic rings. The average Bonchev–Trinajstić information content (AvgIpc) is 2.74. The van der Waals surface area contributed by atoms with E-state index in [-0.39, 0.29) is 0 Å². The Balaban J connectivity index is 2.28. The topological polar surface area (TPSA) is 32.3 Å². The van der Waals surface area contributed by atoms with Crippen molar-refractivity contribution in [1.82, 2.24) is 5.32 Å². The fourth-order valence-electron chi connectivity index (χ4n) is 2.41. The van der Waals surface area contributed by atoms with Gasteiger partial charge in [-0.1, -0.05) is 11.6 Å². The number of aryl methyl sites for hydroxylation is 1. The van der Waals surface area contributed by atoms with Crippen LogP contribution in [0.4, 0.5) is 0 Å². The second-order valence-corrected chi connectivity index (χ2v) is 5.07. The third-order valence-electron chi connectivity index (χ3n) is 3.45. The van der Waals surface area contributed by atoms with Crippen molar-refractivity contribution in [2.24, 2.45) is 5.92 Å². The van der Waals surface area contributed by atoms with Crippen LogP contribution in [-0.4, -0.2) is 18.2 Å². The van der Waals surface area contributed by atoms with Crippen molar-refractivity contribution in [2.75, 3.05) is 13.1 Å². The minimum atomic E-state index is 0.395. The maximum Gasteiger partial charge on any atom is 0.119 e. The van der Waals surface area contributed by atoms with Crippen molar-refractivity contribution in [3.8, 4) is 5.75 Å². The zero-order valence-corrected chi connectivity index (χ0v) is 10.6. The largest absolute Gasteiger partial charge is 0.508 e. The van der Waals surface area contributed by atoms with Gasteiger partial charge in [0.25, 0.3) is 0 Å². The van der Waals surface area contributed by atoms with Crippen LogP contribution in [0.1, 0.15) is 23.1 Å². The van der Waals surface area contributed by atoms with Gasteiger partial charge in [0.2, 0.25) is 0 Å². The Labute approximate surface area is 102 Å². The molecular weight excluding hydrogens is 222 g/mol. The molecule has 1 unspecified atom stereocenters. The summed E-state index contributed by atoms with van der Waals surface area (Å²) in [5.41, 5.74) is 3.00. The summed E-state index contributed by atoms with van der Waals surface area (Å²) in [6, 6.07) is 1.77. The Morgan fingerprint density at radius 2 is 2.25 bits per heavy atom. The standard InChI is InChI=1S/C13H18ClNO/c1-8-5-12(16)11(9(2)13(8)14)6-10-3-4-15-7-10/h5,10,15-16H,3-4,6-7H2,1-2H3. The molecule has 2 nitrogen and oxygen atoms in total. The molecule has 2 rings (SSSR count). The van der Waals surface area contributed by atoms with E-state index in [1.807, 2.05) is 13.8 Å². The molecule has 0 radical (unpaired) electrons. The van der Waals surface area contributed by atoms with Crippen molar-refractivity contribution >= 4 is 11.6 Å². The van der Waals surface area contributed by atoms with Crippen molar-refractivity contribution in [3.63, 3.8) is 0 Å². The van der Waals surface area contributed by atoms with E-state index in [4.69, 9.17) is 11.6 Å². The summed E-state index contributed by atoms with van der Waals surface area (Å²) in [6.45, 7) is 6.05. The number of nitrogens with one attached hydrogen (secondary N) is 1. The van der Waals surface area contributed by atoms with E-state index in [1.54, 1.807) is 6.07 Å². The minimum Gasteiger partial charge on any atom is -0.508 e. The number of phenolic OH excluding ortho intramolecular Hbond substituents is 1. The van der Waals surface area contributed by atoms with Gasteiger partial charge in [0.1, 0.15) is 5.75 Å².